The average molecular weight is 385 g/mol. The van der Waals surface area contributed by atoms with Crippen molar-refractivity contribution < 1.29 is 29.4 Å². The van der Waals surface area contributed by atoms with Crippen molar-refractivity contribution in [3.8, 4) is 0 Å². The molecule has 1 saturated heterocycles. The fraction of sp³-hybridized carbons (Fsp3) is 0.778. The first-order chi connectivity index (χ1) is 12.6. The zero-order chi connectivity index (χ0) is 20.6. The average Bonchev–Trinajstić information content (AvgIpc) is 2.63. The Hall–Kier alpha value is -1.84. The highest BCUT2D eigenvalue weighted by Gasteiger charge is 2.28. The summed E-state index contributed by atoms with van der Waals surface area (Å²) in [5.74, 6) is -2.19. The molecule has 1 aliphatic rings. The van der Waals surface area contributed by atoms with Crippen molar-refractivity contribution >= 4 is 23.5 Å². The van der Waals surface area contributed by atoms with Crippen LogP contribution in [0.15, 0.2) is 0 Å². The maximum Gasteiger partial charge on any atom is 0.317 e. The first kappa shape index (κ1) is 23.2. The molecule has 1 rings (SSSR count). The Bertz CT molecular complexity index is 523. The summed E-state index contributed by atoms with van der Waals surface area (Å²) in [6, 6.07) is -0.573. The van der Waals surface area contributed by atoms with Gasteiger partial charge in [0.2, 0.25) is 0 Å². The van der Waals surface area contributed by atoms with Crippen molar-refractivity contribution in [2.75, 3.05) is 52.4 Å². The number of ketones is 2. The van der Waals surface area contributed by atoms with E-state index in [2.05, 4.69) is 0 Å². The normalized spacial score (nSPS) is 19.1. The number of nitrogens with zero attached hydrogens (tertiary/aromatic N) is 3. The third kappa shape index (κ3) is 8.59. The van der Waals surface area contributed by atoms with Gasteiger partial charge < -0.3 is 10.2 Å². The van der Waals surface area contributed by atoms with Gasteiger partial charge in [-0.05, 0) is 6.92 Å². The molecule has 0 radical (unpaired) electrons. The molecular formula is C18H31N3O6. The Kier molecular flexibility index (Phi) is 9.54. The van der Waals surface area contributed by atoms with Gasteiger partial charge >= 0.3 is 11.9 Å². The highest BCUT2D eigenvalue weighted by molar-refractivity contribution is 5.89. The summed E-state index contributed by atoms with van der Waals surface area (Å²) in [4.78, 5) is 51.9. The number of carboxylic acids is 2. The van der Waals surface area contributed by atoms with E-state index in [1.54, 1.807) is 23.6 Å². The number of carbonyl (C=O) groups excluding carboxylic acids is 2. The van der Waals surface area contributed by atoms with Crippen molar-refractivity contribution in [1.82, 2.24) is 14.7 Å². The summed E-state index contributed by atoms with van der Waals surface area (Å²) in [6.07, 6.45) is 0.116. The Morgan fingerprint density at radius 2 is 1.22 bits per heavy atom. The highest BCUT2D eigenvalue weighted by Crippen LogP contribution is 2.12. The van der Waals surface area contributed by atoms with Crippen LogP contribution in [-0.2, 0) is 19.2 Å². The minimum absolute atomic E-state index is 0.000133. The summed E-state index contributed by atoms with van der Waals surface area (Å²) in [5.41, 5.74) is 0. The van der Waals surface area contributed by atoms with E-state index in [4.69, 9.17) is 10.2 Å². The van der Waals surface area contributed by atoms with Crippen LogP contribution in [0.5, 0.6) is 0 Å². The first-order valence-electron chi connectivity index (χ1n) is 9.25. The minimum Gasteiger partial charge on any atom is -0.480 e. The van der Waals surface area contributed by atoms with Crippen molar-refractivity contribution in [3.63, 3.8) is 0 Å². The second-order valence-electron chi connectivity index (χ2n) is 7.33. The van der Waals surface area contributed by atoms with Crippen LogP contribution < -0.4 is 0 Å². The maximum absolute atomic E-state index is 12.2. The Balaban J connectivity index is 2.96. The second-order valence-corrected chi connectivity index (χ2v) is 7.33. The molecule has 154 valence electrons. The molecule has 1 unspecified atom stereocenters. The van der Waals surface area contributed by atoms with E-state index in [0.717, 1.165) is 0 Å². The van der Waals surface area contributed by atoms with Gasteiger partial charge in [0, 0.05) is 51.6 Å². The van der Waals surface area contributed by atoms with Gasteiger partial charge in [-0.25, -0.2) is 0 Å². The Morgan fingerprint density at radius 3 is 1.56 bits per heavy atom. The summed E-state index contributed by atoms with van der Waals surface area (Å²) in [7, 11) is 0. The second kappa shape index (κ2) is 11.1. The number of rotatable bonds is 9. The molecule has 9 heteroatoms. The van der Waals surface area contributed by atoms with E-state index in [1.807, 2.05) is 4.90 Å². The van der Waals surface area contributed by atoms with Crippen molar-refractivity contribution in [3.05, 3.63) is 0 Å². The number of Topliss-reactive ketones (excluding diaryl/α,β-unsaturated/α-hetero) is 2. The number of carboxylic acid groups (broad SMARTS) is 2. The smallest absolute Gasteiger partial charge is 0.317 e. The molecule has 0 aromatic carbocycles. The molecule has 0 bridgehead atoms. The fourth-order valence-electron chi connectivity index (χ4n) is 3.12. The molecule has 0 saturated carbocycles. The van der Waals surface area contributed by atoms with E-state index in [9.17, 15) is 19.2 Å². The number of hydrogen-bond donors (Lipinski definition) is 2. The van der Waals surface area contributed by atoms with Gasteiger partial charge in [-0.1, -0.05) is 13.8 Å². The third-order valence-corrected chi connectivity index (χ3v) is 4.81. The Morgan fingerprint density at radius 1 is 0.815 bits per heavy atom. The molecule has 9 nitrogen and oxygen atoms in total. The van der Waals surface area contributed by atoms with E-state index < -0.39 is 18.0 Å². The molecule has 0 aromatic rings. The summed E-state index contributed by atoms with van der Waals surface area (Å²) in [5, 5.41) is 18.2. The van der Waals surface area contributed by atoms with Crippen molar-refractivity contribution in [2.45, 2.75) is 33.2 Å². The number of hydrogen-bond acceptors (Lipinski definition) is 7. The summed E-state index contributed by atoms with van der Waals surface area (Å²) < 4.78 is 0. The van der Waals surface area contributed by atoms with E-state index in [-0.39, 0.29) is 37.0 Å². The predicted octanol–water partition coefficient (Wildman–Crippen LogP) is -0.352. The van der Waals surface area contributed by atoms with Crippen LogP contribution in [0.4, 0.5) is 0 Å². The standard InChI is InChI=1S/C18H31N3O6/c1-13(2)16(23)10-15(14(3)22)21-8-6-19(11-17(24)25)4-5-20(7-9-21)12-18(26)27/h13,15H,4-12H2,1-3H3,(H,24,25)(H,26,27). The quantitative estimate of drug-likeness (QED) is 0.549. The third-order valence-electron chi connectivity index (χ3n) is 4.81. The predicted molar refractivity (Wildman–Crippen MR) is 98.7 cm³/mol. The Labute approximate surface area is 159 Å². The molecule has 1 fully saturated rings. The van der Waals surface area contributed by atoms with Gasteiger partial charge in [-0.15, -0.1) is 0 Å². The largest absolute Gasteiger partial charge is 0.480 e. The lowest BCUT2D eigenvalue weighted by Crippen LogP contribution is -2.47. The van der Waals surface area contributed by atoms with Crippen LogP contribution in [0.3, 0.4) is 0 Å². The minimum atomic E-state index is -0.955. The lowest BCUT2D eigenvalue weighted by atomic mass is 9.98. The molecular weight excluding hydrogens is 354 g/mol. The molecule has 0 aromatic heterocycles. The first-order valence-corrected chi connectivity index (χ1v) is 9.25. The maximum atomic E-state index is 12.2. The van der Waals surface area contributed by atoms with Crippen molar-refractivity contribution in [1.29, 1.82) is 0 Å². The molecule has 1 heterocycles. The van der Waals surface area contributed by atoms with Crippen LogP contribution in [0, 0.1) is 5.92 Å². The van der Waals surface area contributed by atoms with Crippen molar-refractivity contribution in [2.24, 2.45) is 5.92 Å². The van der Waals surface area contributed by atoms with Crippen LogP contribution in [0.1, 0.15) is 27.2 Å². The molecule has 1 aliphatic heterocycles. The lowest BCUT2D eigenvalue weighted by Gasteiger charge is -2.31. The van der Waals surface area contributed by atoms with E-state index >= 15 is 0 Å². The highest BCUT2D eigenvalue weighted by atomic mass is 16.4. The van der Waals surface area contributed by atoms with Gasteiger partial charge in [0.05, 0.1) is 19.1 Å². The van der Waals surface area contributed by atoms with Gasteiger partial charge in [-0.2, -0.15) is 0 Å². The number of aliphatic carboxylic acids is 2. The topological polar surface area (TPSA) is 118 Å². The molecule has 0 spiro atoms. The SMILES string of the molecule is CC(=O)C(CC(=O)C(C)C)N1CCN(CC(=O)O)CCN(CC(=O)O)CC1. The van der Waals surface area contributed by atoms with Crippen LogP contribution in [0.25, 0.3) is 0 Å². The van der Waals surface area contributed by atoms with Gasteiger partial charge in [0.1, 0.15) is 11.6 Å². The fourth-order valence-corrected chi connectivity index (χ4v) is 3.12. The zero-order valence-corrected chi connectivity index (χ0v) is 16.4. The van der Waals surface area contributed by atoms with Crippen LogP contribution >= 0.6 is 0 Å². The zero-order valence-electron chi connectivity index (χ0n) is 16.4. The van der Waals surface area contributed by atoms with E-state index in [0.29, 0.717) is 39.3 Å². The van der Waals surface area contributed by atoms with Crippen LogP contribution in [-0.4, -0.2) is 107 Å². The van der Waals surface area contributed by atoms with Gasteiger partial charge in [0.25, 0.3) is 0 Å². The molecule has 0 aliphatic carbocycles. The van der Waals surface area contributed by atoms with E-state index in [1.165, 1.54) is 6.92 Å². The summed E-state index contributed by atoms with van der Waals surface area (Å²) >= 11 is 0. The number of carbonyl (C=O) groups is 4. The molecule has 1 atom stereocenters. The van der Waals surface area contributed by atoms with Crippen LogP contribution in [0.2, 0.25) is 0 Å². The lowest BCUT2D eigenvalue weighted by molar-refractivity contribution is -0.140. The molecule has 0 amide bonds. The van der Waals surface area contributed by atoms with Gasteiger partial charge in [-0.3, -0.25) is 33.9 Å². The monoisotopic (exact) mass is 385 g/mol. The summed E-state index contributed by atoms with van der Waals surface area (Å²) in [6.45, 7) is 7.38. The van der Waals surface area contributed by atoms with Gasteiger partial charge in [0.15, 0.2) is 0 Å². The molecule has 2 N–H and O–H groups in total. The molecule has 27 heavy (non-hydrogen) atoms.